The quantitative estimate of drug-likeness (QED) is 0.527. The van der Waals surface area contributed by atoms with Gasteiger partial charge in [0.25, 0.3) is 0 Å². The number of nitrogens with zero attached hydrogens (tertiary/aromatic N) is 2. The van der Waals surface area contributed by atoms with Crippen LogP contribution < -0.4 is 10.6 Å². The van der Waals surface area contributed by atoms with E-state index < -0.39 is 0 Å². The van der Waals surface area contributed by atoms with E-state index in [4.69, 9.17) is 4.74 Å². The molecule has 1 fully saturated rings. The molecule has 136 valence electrons. The first kappa shape index (κ1) is 19.2. The fourth-order valence-corrected chi connectivity index (χ4v) is 4.01. The molecular formula is C18H32N4OS. The van der Waals surface area contributed by atoms with Crippen molar-refractivity contribution in [1.82, 2.24) is 15.6 Å². The monoisotopic (exact) mass is 352 g/mol. The van der Waals surface area contributed by atoms with Gasteiger partial charge in [0, 0.05) is 30.8 Å². The van der Waals surface area contributed by atoms with Gasteiger partial charge in [0.05, 0.1) is 12.6 Å². The molecule has 1 unspecified atom stereocenters. The van der Waals surface area contributed by atoms with Crippen LogP contribution >= 0.6 is 11.3 Å². The summed E-state index contributed by atoms with van der Waals surface area (Å²) >= 11 is 1.71. The van der Waals surface area contributed by atoms with Crippen molar-refractivity contribution in [3.8, 4) is 0 Å². The first-order valence-electron chi connectivity index (χ1n) is 9.28. The lowest BCUT2D eigenvalue weighted by Gasteiger charge is -2.24. The van der Waals surface area contributed by atoms with Crippen LogP contribution in [0.15, 0.2) is 11.2 Å². The SMILES string of the molecule is CCNC(=NCc1ncc(C)s1)NCCC(OCC)C1CCCC1. The fourth-order valence-electron chi connectivity index (χ4n) is 3.29. The van der Waals surface area contributed by atoms with Crippen molar-refractivity contribution in [2.24, 2.45) is 10.9 Å². The number of aromatic nitrogens is 1. The third-order valence-corrected chi connectivity index (χ3v) is 5.31. The molecule has 6 heteroatoms. The number of aryl methyl sites for hydroxylation is 1. The van der Waals surface area contributed by atoms with Crippen LogP contribution in [0.2, 0.25) is 0 Å². The van der Waals surface area contributed by atoms with Crippen LogP contribution in [0.25, 0.3) is 0 Å². The van der Waals surface area contributed by atoms with E-state index >= 15 is 0 Å². The number of hydrogen-bond donors (Lipinski definition) is 2. The van der Waals surface area contributed by atoms with E-state index in [1.165, 1.54) is 30.6 Å². The lowest BCUT2D eigenvalue weighted by Crippen LogP contribution is -2.39. The molecule has 0 aromatic carbocycles. The van der Waals surface area contributed by atoms with E-state index in [2.05, 4.69) is 41.4 Å². The highest BCUT2D eigenvalue weighted by Crippen LogP contribution is 2.30. The van der Waals surface area contributed by atoms with Gasteiger partial charge in [-0.25, -0.2) is 9.98 Å². The zero-order valence-corrected chi connectivity index (χ0v) is 16.1. The standard InChI is InChI=1S/C18H32N4OS/c1-4-19-18(22-13-17-21-12-14(3)24-17)20-11-10-16(23-5-2)15-8-6-7-9-15/h12,15-16H,4-11,13H2,1-3H3,(H2,19,20,22). The van der Waals surface area contributed by atoms with E-state index in [0.29, 0.717) is 12.6 Å². The zero-order chi connectivity index (χ0) is 17.2. The largest absolute Gasteiger partial charge is 0.378 e. The van der Waals surface area contributed by atoms with Gasteiger partial charge in [-0.2, -0.15) is 0 Å². The van der Waals surface area contributed by atoms with Crippen LogP contribution in [-0.4, -0.2) is 36.7 Å². The second-order valence-corrected chi connectivity index (χ2v) is 7.63. The average Bonchev–Trinajstić information content (AvgIpc) is 3.23. The zero-order valence-electron chi connectivity index (χ0n) is 15.3. The number of rotatable bonds is 9. The Morgan fingerprint density at radius 2 is 2.17 bits per heavy atom. The minimum Gasteiger partial charge on any atom is -0.378 e. The Labute approximate surface area is 150 Å². The second-order valence-electron chi connectivity index (χ2n) is 6.31. The summed E-state index contributed by atoms with van der Waals surface area (Å²) in [6.45, 7) is 9.45. The molecule has 0 saturated heterocycles. The second kappa shape index (κ2) is 10.7. The van der Waals surface area contributed by atoms with Crippen molar-refractivity contribution >= 4 is 17.3 Å². The smallest absolute Gasteiger partial charge is 0.191 e. The molecule has 1 aromatic rings. The molecule has 1 aromatic heterocycles. The van der Waals surface area contributed by atoms with Crippen molar-refractivity contribution in [1.29, 1.82) is 0 Å². The summed E-state index contributed by atoms with van der Waals surface area (Å²) in [5.41, 5.74) is 0. The van der Waals surface area contributed by atoms with E-state index in [0.717, 1.165) is 43.0 Å². The Morgan fingerprint density at radius 1 is 1.38 bits per heavy atom. The summed E-state index contributed by atoms with van der Waals surface area (Å²) in [5.74, 6) is 1.61. The maximum atomic E-state index is 5.99. The number of ether oxygens (including phenoxy) is 1. The van der Waals surface area contributed by atoms with Gasteiger partial charge >= 0.3 is 0 Å². The average molecular weight is 353 g/mol. The third-order valence-electron chi connectivity index (χ3n) is 4.41. The minimum absolute atomic E-state index is 0.384. The van der Waals surface area contributed by atoms with Crippen molar-refractivity contribution in [3.05, 3.63) is 16.1 Å². The number of guanidine groups is 1. The summed E-state index contributed by atoms with van der Waals surface area (Å²) < 4.78 is 5.99. The Kier molecular flexibility index (Phi) is 8.53. The lowest BCUT2D eigenvalue weighted by atomic mass is 9.98. The van der Waals surface area contributed by atoms with E-state index in [9.17, 15) is 0 Å². The van der Waals surface area contributed by atoms with Crippen molar-refractivity contribution in [2.75, 3.05) is 19.7 Å². The predicted octanol–water partition coefficient (Wildman–Crippen LogP) is 3.49. The third kappa shape index (κ3) is 6.40. The Balaban J connectivity index is 1.80. The van der Waals surface area contributed by atoms with Gasteiger partial charge in [-0.15, -0.1) is 11.3 Å². The van der Waals surface area contributed by atoms with Crippen LogP contribution in [-0.2, 0) is 11.3 Å². The molecule has 0 amide bonds. The summed E-state index contributed by atoms with van der Waals surface area (Å²) in [5, 5.41) is 7.81. The highest BCUT2D eigenvalue weighted by Gasteiger charge is 2.25. The molecule has 0 bridgehead atoms. The van der Waals surface area contributed by atoms with Gasteiger partial charge in [0.2, 0.25) is 0 Å². The molecule has 1 atom stereocenters. The van der Waals surface area contributed by atoms with Crippen molar-refractivity contribution in [3.63, 3.8) is 0 Å². The molecule has 1 heterocycles. The highest BCUT2D eigenvalue weighted by atomic mass is 32.1. The first-order valence-corrected chi connectivity index (χ1v) is 10.1. The van der Waals surface area contributed by atoms with Gasteiger partial charge in [0.1, 0.15) is 5.01 Å². The number of nitrogens with one attached hydrogen (secondary N) is 2. The van der Waals surface area contributed by atoms with Gasteiger partial charge in [0.15, 0.2) is 5.96 Å². The fraction of sp³-hybridized carbons (Fsp3) is 0.778. The molecule has 0 radical (unpaired) electrons. The van der Waals surface area contributed by atoms with Crippen LogP contribution in [0.5, 0.6) is 0 Å². The first-order chi connectivity index (χ1) is 11.7. The summed E-state index contributed by atoms with van der Waals surface area (Å²) in [6.07, 6.45) is 8.70. The number of aliphatic imine (C=N–C) groups is 1. The van der Waals surface area contributed by atoms with Gasteiger partial charge in [-0.1, -0.05) is 12.8 Å². The highest BCUT2D eigenvalue weighted by molar-refractivity contribution is 7.11. The Bertz CT molecular complexity index is 497. The number of thiazole rings is 1. The molecule has 1 aliphatic rings. The molecular weight excluding hydrogens is 320 g/mol. The Hall–Kier alpha value is -1.14. The molecule has 0 spiro atoms. The van der Waals surface area contributed by atoms with E-state index in [1.807, 2.05) is 6.20 Å². The molecule has 2 N–H and O–H groups in total. The molecule has 2 rings (SSSR count). The molecule has 1 saturated carbocycles. The van der Waals surface area contributed by atoms with Crippen LogP contribution in [0.1, 0.15) is 55.8 Å². The molecule has 5 nitrogen and oxygen atoms in total. The van der Waals surface area contributed by atoms with Crippen LogP contribution in [0.3, 0.4) is 0 Å². The van der Waals surface area contributed by atoms with Crippen molar-refractivity contribution < 1.29 is 4.74 Å². The molecule has 24 heavy (non-hydrogen) atoms. The normalized spacial score (nSPS) is 17.2. The van der Waals surface area contributed by atoms with E-state index in [-0.39, 0.29) is 0 Å². The maximum Gasteiger partial charge on any atom is 0.191 e. The topological polar surface area (TPSA) is 58.5 Å². The van der Waals surface area contributed by atoms with Crippen LogP contribution in [0.4, 0.5) is 0 Å². The Morgan fingerprint density at radius 3 is 2.79 bits per heavy atom. The maximum absolute atomic E-state index is 5.99. The minimum atomic E-state index is 0.384. The van der Waals surface area contributed by atoms with Gasteiger partial charge < -0.3 is 15.4 Å². The van der Waals surface area contributed by atoms with Gasteiger partial charge in [-0.05, 0) is 46.0 Å². The molecule has 1 aliphatic carbocycles. The number of hydrogen-bond acceptors (Lipinski definition) is 4. The molecule has 0 aliphatic heterocycles. The van der Waals surface area contributed by atoms with Crippen LogP contribution in [0, 0.1) is 12.8 Å². The summed E-state index contributed by atoms with van der Waals surface area (Å²) in [7, 11) is 0. The predicted molar refractivity (Wildman–Crippen MR) is 102 cm³/mol. The lowest BCUT2D eigenvalue weighted by molar-refractivity contribution is 0.0169. The summed E-state index contributed by atoms with van der Waals surface area (Å²) in [6, 6.07) is 0. The van der Waals surface area contributed by atoms with Crippen molar-refractivity contribution in [2.45, 2.75) is 65.5 Å². The van der Waals surface area contributed by atoms with Gasteiger partial charge in [-0.3, -0.25) is 0 Å². The van der Waals surface area contributed by atoms with E-state index in [1.54, 1.807) is 11.3 Å². The summed E-state index contributed by atoms with van der Waals surface area (Å²) in [4.78, 5) is 10.2.